The molecule has 3 rings (SSSR count). The van der Waals surface area contributed by atoms with E-state index in [1.165, 1.54) is 6.07 Å². The fourth-order valence-electron chi connectivity index (χ4n) is 2.04. The first-order chi connectivity index (χ1) is 10.4. The Morgan fingerprint density at radius 3 is 2.50 bits per heavy atom. The lowest BCUT2D eigenvalue weighted by Crippen LogP contribution is -1.94. The van der Waals surface area contributed by atoms with Gasteiger partial charge in [0.2, 0.25) is 0 Å². The van der Waals surface area contributed by atoms with Crippen LogP contribution in [0.25, 0.3) is 10.9 Å². The standard InChI is InChI=1S/C15H8Cl3NO3/c16-7-3-12-9(6-13(19-12)15(20)21)14(4-7)22-8-1-2-10(17)11(18)5-8/h1-6,19H,(H,20,21). The molecule has 4 nitrogen and oxygen atoms in total. The summed E-state index contributed by atoms with van der Waals surface area (Å²) < 4.78 is 5.76. The van der Waals surface area contributed by atoms with Crippen LogP contribution in [-0.4, -0.2) is 16.1 Å². The molecule has 0 saturated heterocycles. The Kier molecular flexibility index (Phi) is 3.91. The molecule has 1 heterocycles. The minimum absolute atomic E-state index is 0.0521. The molecule has 0 aliphatic carbocycles. The van der Waals surface area contributed by atoms with Crippen LogP contribution in [-0.2, 0) is 0 Å². The van der Waals surface area contributed by atoms with Crippen molar-refractivity contribution in [1.29, 1.82) is 0 Å². The Bertz CT molecular complexity index is 889. The number of aromatic carboxylic acids is 1. The van der Waals surface area contributed by atoms with Gasteiger partial charge in [0.25, 0.3) is 0 Å². The maximum absolute atomic E-state index is 11.1. The van der Waals surface area contributed by atoms with E-state index in [0.717, 1.165) is 0 Å². The Hall–Kier alpha value is -1.88. The second kappa shape index (κ2) is 5.72. The third-order valence-corrected chi connectivity index (χ3v) is 3.97. The van der Waals surface area contributed by atoms with E-state index in [2.05, 4.69) is 4.98 Å². The molecule has 7 heteroatoms. The van der Waals surface area contributed by atoms with Gasteiger partial charge >= 0.3 is 5.97 Å². The second-order valence-electron chi connectivity index (χ2n) is 4.53. The van der Waals surface area contributed by atoms with E-state index < -0.39 is 5.97 Å². The van der Waals surface area contributed by atoms with Gasteiger partial charge in [0.15, 0.2) is 0 Å². The second-order valence-corrected chi connectivity index (χ2v) is 5.78. The van der Waals surface area contributed by atoms with E-state index in [0.29, 0.717) is 37.5 Å². The number of hydrogen-bond donors (Lipinski definition) is 2. The molecule has 1 aromatic heterocycles. The number of carbonyl (C=O) groups is 1. The fourth-order valence-corrected chi connectivity index (χ4v) is 2.53. The number of carboxylic acid groups (broad SMARTS) is 1. The van der Waals surface area contributed by atoms with Gasteiger partial charge in [0, 0.05) is 22.5 Å². The highest BCUT2D eigenvalue weighted by Crippen LogP contribution is 2.35. The molecule has 0 unspecified atom stereocenters. The Morgan fingerprint density at radius 2 is 1.82 bits per heavy atom. The van der Waals surface area contributed by atoms with Crippen LogP contribution in [0.2, 0.25) is 15.1 Å². The van der Waals surface area contributed by atoms with Gasteiger partial charge in [-0.2, -0.15) is 0 Å². The molecule has 0 bridgehead atoms. The maximum atomic E-state index is 11.1. The van der Waals surface area contributed by atoms with Gasteiger partial charge in [-0.05, 0) is 24.3 Å². The predicted molar refractivity (Wildman–Crippen MR) is 86.8 cm³/mol. The highest BCUT2D eigenvalue weighted by Gasteiger charge is 2.13. The number of aromatic nitrogens is 1. The first kappa shape index (κ1) is 15.0. The van der Waals surface area contributed by atoms with Crippen LogP contribution in [0.5, 0.6) is 11.5 Å². The molecule has 0 saturated carbocycles. The van der Waals surface area contributed by atoms with Crippen LogP contribution < -0.4 is 4.74 Å². The van der Waals surface area contributed by atoms with Crippen molar-refractivity contribution in [1.82, 2.24) is 4.98 Å². The lowest BCUT2D eigenvalue weighted by Gasteiger charge is -2.08. The highest BCUT2D eigenvalue weighted by molar-refractivity contribution is 6.42. The third-order valence-electron chi connectivity index (χ3n) is 3.01. The van der Waals surface area contributed by atoms with Crippen LogP contribution in [0.4, 0.5) is 0 Å². The number of carboxylic acids is 1. The lowest BCUT2D eigenvalue weighted by atomic mass is 10.2. The molecule has 0 atom stereocenters. The van der Waals surface area contributed by atoms with Crippen molar-refractivity contribution in [3.63, 3.8) is 0 Å². The smallest absolute Gasteiger partial charge is 0.352 e. The summed E-state index contributed by atoms with van der Waals surface area (Å²) in [5, 5.41) is 10.9. The first-order valence-corrected chi connectivity index (χ1v) is 7.26. The van der Waals surface area contributed by atoms with Crippen molar-refractivity contribution >= 4 is 51.7 Å². The summed E-state index contributed by atoms with van der Waals surface area (Å²) in [6.45, 7) is 0. The normalized spacial score (nSPS) is 10.9. The summed E-state index contributed by atoms with van der Waals surface area (Å²) in [6.07, 6.45) is 0. The number of ether oxygens (including phenoxy) is 1. The van der Waals surface area contributed by atoms with Crippen molar-refractivity contribution in [3.05, 3.63) is 57.2 Å². The average molecular weight is 357 g/mol. The zero-order chi connectivity index (χ0) is 15.9. The van der Waals surface area contributed by atoms with E-state index >= 15 is 0 Å². The molecule has 112 valence electrons. The minimum atomic E-state index is -1.06. The SMILES string of the molecule is O=C(O)c1cc2c(Oc3ccc(Cl)c(Cl)c3)cc(Cl)cc2[nH]1. The molecule has 3 aromatic rings. The number of aromatic amines is 1. The van der Waals surface area contributed by atoms with E-state index in [-0.39, 0.29) is 5.69 Å². The molecule has 2 aromatic carbocycles. The van der Waals surface area contributed by atoms with Gasteiger partial charge in [-0.25, -0.2) is 4.79 Å². The Labute approximate surface area is 140 Å². The zero-order valence-corrected chi connectivity index (χ0v) is 13.1. The molecule has 0 fully saturated rings. The summed E-state index contributed by atoms with van der Waals surface area (Å²) in [7, 11) is 0. The summed E-state index contributed by atoms with van der Waals surface area (Å²) in [6, 6.07) is 9.56. The van der Waals surface area contributed by atoms with E-state index in [1.807, 2.05) is 0 Å². The summed E-state index contributed by atoms with van der Waals surface area (Å²) >= 11 is 17.9. The first-order valence-electron chi connectivity index (χ1n) is 6.12. The predicted octanol–water partition coefficient (Wildman–Crippen LogP) is 5.62. The van der Waals surface area contributed by atoms with Gasteiger partial charge in [0.05, 0.1) is 15.6 Å². The molecule has 0 aliphatic rings. The number of benzene rings is 2. The van der Waals surface area contributed by atoms with Crippen LogP contribution in [0.15, 0.2) is 36.4 Å². The molecule has 0 spiro atoms. The molecule has 0 amide bonds. The van der Waals surface area contributed by atoms with Crippen molar-refractivity contribution in [3.8, 4) is 11.5 Å². The van der Waals surface area contributed by atoms with E-state index in [9.17, 15) is 4.79 Å². The molecular weight excluding hydrogens is 349 g/mol. The van der Waals surface area contributed by atoms with Gasteiger partial charge < -0.3 is 14.8 Å². The molecule has 22 heavy (non-hydrogen) atoms. The Balaban J connectivity index is 2.08. The quantitative estimate of drug-likeness (QED) is 0.640. The van der Waals surface area contributed by atoms with Gasteiger partial charge in [-0.1, -0.05) is 34.8 Å². The number of halogens is 3. The summed E-state index contributed by atoms with van der Waals surface area (Å²) in [5.74, 6) is -0.173. The van der Waals surface area contributed by atoms with Gasteiger partial charge in [-0.15, -0.1) is 0 Å². The maximum Gasteiger partial charge on any atom is 0.352 e. The summed E-state index contributed by atoms with van der Waals surface area (Å²) in [4.78, 5) is 13.8. The molecule has 0 radical (unpaired) electrons. The average Bonchev–Trinajstić information content (AvgIpc) is 2.87. The topological polar surface area (TPSA) is 62.3 Å². The van der Waals surface area contributed by atoms with Crippen molar-refractivity contribution in [2.45, 2.75) is 0 Å². The van der Waals surface area contributed by atoms with Crippen molar-refractivity contribution < 1.29 is 14.6 Å². The molecule has 2 N–H and O–H groups in total. The van der Waals surface area contributed by atoms with Gasteiger partial charge in [0.1, 0.15) is 17.2 Å². The van der Waals surface area contributed by atoms with Crippen LogP contribution in [0, 0.1) is 0 Å². The number of rotatable bonds is 3. The number of fused-ring (bicyclic) bond motifs is 1. The minimum Gasteiger partial charge on any atom is -0.477 e. The number of hydrogen-bond acceptors (Lipinski definition) is 2. The largest absolute Gasteiger partial charge is 0.477 e. The molecular formula is C15H8Cl3NO3. The Morgan fingerprint density at radius 1 is 1.05 bits per heavy atom. The van der Waals surface area contributed by atoms with Gasteiger partial charge in [-0.3, -0.25) is 0 Å². The van der Waals surface area contributed by atoms with Crippen LogP contribution >= 0.6 is 34.8 Å². The van der Waals surface area contributed by atoms with Crippen LogP contribution in [0.3, 0.4) is 0 Å². The fraction of sp³-hybridized carbons (Fsp3) is 0. The summed E-state index contributed by atoms with van der Waals surface area (Å²) in [5.41, 5.74) is 0.621. The van der Waals surface area contributed by atoms with Crippen molar-refractivity contribution in [2.24, 2.45) is 0 Å². The third kappa shape index (κ3) is 2.86. The highest BCUT2D eigenvalue weighted by atomic mass is 35.5. The lowest BCUT2D eigenvalue weighted by molar-refractivity contribution is 0.0691. The number of H-pyrrole nitrogens is 1. The zero-order valence-electron chi connectivity index (χ0n) is 10.9. The van der Waals surface area contributed by atoms with Crippen molar-refractivity contribution in [2.75, 3.05) is 0 Å². The van der Waals surface area contributed by atoms with Crippen LogP contribution in [0.1, 0.15) is 10.5 Å². The van der Waals surface area contributed by atoms with E-state index in [4.69, 9.17) is 44.6 Å². The monoisotopic (exact) mass is 355 g/mol. The molecule has 0 aliphatic heterocycles. The number of nitrogens with one attached hydrogen (secondary N) is 1. The van der Waals surface area contributed by atoms with E-state index in [1.54, 1.807) is 30.3 Å².